The highest BCUT2D eigenvalue weighted by Crippen LogP contribution is 2.51. The number of allylic oxidation sites excluding steroid dienone is 2. The summed E-state index contributed by atoms with van der Waals surface area (Å²) in [5, 5.41) is 0. The standard InChI is InChI=1S/C9H16.C9H14.C8H10.C4H10/c2*1-6-7(2)9-4-3-8(6)5-9;1-7-5-3-4-6-8(7)2;1-3-4-2/h6-9H,3-5H2,1-2H3;3-4,6-9H,5H2,1-2H3;3-6H,1-2H3;3-4H2,1-2H3. The van der Waals surface area contributed by atoms with Crippen molar-refractivity contribution in [3.63, 3.8) is 0 Å². The third-order valence-corrected chi connectivity index (χ3v) is 9.09. The van der Waals surface area contributed by atoms with Crippen LogP contribution in [0.2, 0.25) is 0 Å². The minimum absolute atomic E-state index is 0.935. The zero-order valence-corrected chi connectivity index (χ0v) is 21.3. The number of unbranched alkanes of at least 4 members (excludes halogenated alkanes) is 1. The molecule has 0 aliphatic heterocycles. The fourth-order valence-electron chi connectivity index (χ4n) is 5.85. The van der Waals surface area contributed by atoms with Gasteiger partial charge in [0.25, 0.3) is 0 Å². The maximum absolute atomic E-state index is 2.44. The number of hydrogen-bond donors (Lipinski definition) is 0. The summed E-state index contributed by atoms with van der Waals surface area (Å²) in [6.45, 7) is 18.3. The van der Waals surface area contributed by atoms with Crippen LogP contribution in [0.3, 0.4) is 0 Å². The van der Waals surface area contributed by atoms with E-state index in [-0.39, 0.29) is 0 Å². The van der Waals surface area contributed by atoms with Gasteiger partial charge in [0.2, 0.25) is 0 Å². The second-order valence-electron chi connectivity index (χ2n) is 10.8. The zero-order chi connectivity index (χ0) is 22.3. The molecular weight excluding hydrogens is 360 g/mol. The van der Waals surface area contributed by atoms with E-state index in [0.29, 0.717) is 0 Å². The lowest BCUT2D eigenvalue weighted by molar-refractivity contribution is 0.259. The van der Waals surface area contributed by atoms with Gasteiger partial charge in [0.15, 0.2) is 0 Å². The highest BCUT2D eigenvalue weighted by atomic mass is 14.5. The first-order valence-corrected chi connectivity index (χ1v) is 13.0. The Labute approximate surface area is 188 Å². The molecule has 3 saturated carbocycles. The van der Waals surface area contributed by atoms with Crippen molar-refractivity contribution in [1.29, 1.82) is 0 Å². The van der Waals surface area contributed by atoms with Gasteiger partial charge in [-0.25, -0.2) is 0 Å². The Hall–Kier alpha value is -1.04. The molecule has 3 fully saturated rings. The first-order valence-electron chi connectivity index (χ1n) is 13.0. The predicted octanol–water partition coefficient (Wildman–Crippen LogP) is 9.26. The molecule has 0 nitrogen and oxygen atoms in total. The van der Waals surface area contributed by atoms with Crippen molar-refractivity contribution in [2.75, 3.05) is 0 Å². The highest BCUT2D eigenvalue weighted by Gasteiger charge is 2.42. The Kier molecular flexibility index (Phi) is 10.2. The third-order valence-electron chi connectivity index (χ3n) is 9.09. The number of benzene rings is 1. The Balaban J connectivity index is 0.000000148. The van der Waals surface area contributed by atoms with Crippen LogP contribution in [0.15, 0.2) is 36.4 Å². The molecular formula is C30H50. The lowest BCUT2D eigenvalue weighted by atomic mass is 9.82. The average molecular weight is 411 g/mol. The number of rotatable bonds is 1. The van der Waals surface area contributed by atoms with Gasteiger partial charge in [-0.05, 0) is 98.0 Å². The van der Waals surface area contributed by atoms with Crippen LogP contribution in [0.25, 0.3) is 0 Å². The molecule has 0 amide bonds. The maximum atomic E-state index is 2.44. The molecule has 0 N–H and O–H groups in total. The summed E-state index contributed by atoms with van der Waals surface area (Å²) in [6, 6.07) is 8.36. The predicted molar refractivity (Wildman–Crippen MR) is 135 cm³/mol. The van der Waals surface area contributed by atoms with Crippen LogP contribution in [-0.4, -0.2) is 0 Å². The Morgan fingerprint density at radius 2 is 1.03 bits per heavy atom. The smallest absolute Gasteiger partial charge is 0.0199 e. The molecule has 4 bridgehead atoms. The van der Waals surface area contributed by atoms with Crippen molar-refractivity contribution in [1.82, 2.24) is 0 Å². The van der Waals surface area contributed by atoms with Gasteiger partial charge in [-0.1, -0.05) is 90.8 Å². The summed E-state index contributed by atoms with van der Waals surface area (Å²) in [6.07, 6.45) is 13.5. The van der Waals surface area contributed by atoms with Crippen LogP contribution in [-0.2, 0) is 0 Å². The van der Waals surface area contributed by atoms with E-state index in [2.05, 4.69) is 91.8 Å². The number of hydrogen-bond acceptors (Lipinski definition) is 0. The number of aryl methyl sites for hydroxylation is 2. The molecule has 8 unspecified atom stereocenters. The van der Waals surface area contributed by atoms with E-state index in [1.54, 1.807) is 6.42 Å². The molecule has 0 spiro atoms. The van der Waals surface area contributed by atoms with E-state index in [1.165, 1.54) is 43.2 Å². The molecule has 0 saturated heterocycles. The lowest BCUT2D eigenvalue weighted by Crippen LogP contribution is -2.15. The van der Waals surface area contributed by atoms with Crippen LogP contribution in [0.1, 0.15) is 91.2 Å². The molecule has 1 aromatic carbocycles. The fourth-order valence-corrected chi connectivity index (χ4v) is 5.85. The molecule has 1 aromatic rings. The molecule has 0 heteroatoms. The van der Waals surface area contributed by atoms with Crippen molar-refractivity contribution in [3.05, 3.63) is 47.5 Å². The minimum Gasteiger partial charge on any atom is -0.0848 e. The fraction of sp³-hybridized carbons (Fsp3) is 0.733. The van der Waals surface area contributed by atoms with E-state index < -0.39 is 0 Å². The lowest BCUT2D eigenvalue weighted by Gasteiger charge is -2.24. The van der Waals surface area contributed by atoms with E-state index in [1.807, 2.05) is 0 Å². The minimum atomic E-state index is 0.935. The van der Waals surface area contributed by atoms with Crippen LogP contribution in [0, 0.1) is 61.2 Å². The monoisotopic (exact) mass is 410 g/mol. The first-order chi connectivity index (χ1) is 14.3. The third kappa shape index (κ3) is 6.48. The van der Waals surface area contributed by atoms with Gasteiger partial charge in [0.05, 0.1) is 0 Å². The van der Waals surface area contributed by atoms with E-state index >= 15 is 0 Å². The van der Waals surface area contributed by atoms with Gasteiger partial charge >= 0.3 is 0 Å². The van der Waals surface area contributed by atoms with Crippen molar-refractivity contribution in [2.45, 2.75) is 93.9 Å². The molecule has 30 heavy (non-hydrogen) atoms. The zero-order valence-electron chi connectivity index (χ0n) is 21.3. The molecule has 4 aliphatic rings. The highest BCUT2D eigenvalue weighted by molar-refractivity contribution is 5.23. The molecule has 0 aromatic heterocycles. The second kappa shape index (κ2) is 12.1. The van der Waals surface area contributed by atoms with Crippen molar-refractivity contribution >= 4 is 0 Å². The molecule has 0 heterocycles. The summed E-state index contributed by atoms with van der Waals surface area (Å²) in [7, 11) is 0. The summed E-state index contributed by atoms with van der Waals surface area (Å²) in [5.41, 5.74) is 2.74. The van der Waals surface area contributed by atoms with Gasteiger partial charge in [-0.15, -0.1) is 0 Å². The largest absolute Gasteiger partial charge is 0.0848 e. The summed E-state index contributed by atoms with van der Waals surface area (Å²) < 4.78 is 0. The van der Waals surface area contributed by atoms with Gasteiger partial charge in [-0.3, -0.25) is 0 Å². The van der Waals surface area contributed by atoms with E-state index in [0.717, 1.165) is 47.3 Å². The Morgan fingerprint density at radius 3 is 1.23 bits per heavy atom. The molecule has 8 atom stereocenters. The number of fused-ring (bicyclic) bond motifs is 4. The summed E-state index contributed by atoms with van der Waals surface area (Å²) >= 11 is 0. The van der Waals surface area contributed by atoms with Crippen LogP contribution in [0.4, 0.5) is 0 Å². The van der Waals surface area contributed by atoms with E-state index in [4.69, 9.17) is 0 Å². The quantitative estimate of drug-likeness (QED) is 0.405. The van der Waals surface area contributed by atoms with Crippen LogP contribution >= 0.6 is 0 Å². The van der Waals surface area contributed by atoms with Crippen molar-refractivity contribution in [2.24, 2.45) is 47.3 Å². The van der Waals surface area contributed by atoms with Crippen molar-refractivity contribution in [3.8, 4) is 0 Å². The topological polar surface area (TPSA) is 0 Å². The first kappa shape index (κ1) is 25.2. The molecule has 5 rings (SSSR count). The average Bonchev–Trinajstić information content (AvgIpc) is 3.52. The SMILES string of the molecule is CC1C2C=CC(C2)C1C.CC1C2CCC(C2)C1C.CCCC.Cc1ccccc1C. The van der Waals surface area contributed by atoms with Gasteiger partial charge in [0, 0.05) is 0 Å². The van der Waals surface area contributed by atoms with Gasteiger partial charge < -0.3 is 0 Å². The Morgan fingerprint density at radius 1 is 0.633 bits per heavy atom. The Bertz CT molecular complexity index is 584. The summed E-state index contributed by atoms with van der Waals surface area (Å²) in [4.78, 5) is 0. The van der Waals surface area contributed by atoms with Crippen molar-refractivity contribution < 1.29 is 0 Å². The molecule has 0 radical (unpaired) electrons. The molecule has 170 valence electrons. The van der Waals surface area contributed by atoms with Crippen LogP contribution < -0.4 is 0 Å². The second-order valence-corrected chi connectivity index (χ2v) is 10.8. The van der Waals surface area contributed by atoms with Crippen LogP contribution in [0.5, 0.6) is 0 Å². The maximum Gasteiger partial charge on any atom is -0.0199 e. The molecule has 4 aliphatic carbocycles. The summed E-state index contributed by atoms with van der Waals surface area (Å²) in [5.74, 6) is 8.11. The van der Waals surface area contributed by atoms with E-state index in [9.17, 15) is 0 Å². The normalized spacial score (nSPS) is 36.9. The van der Waals surface area contributed by atoms with Gasteiger partial charge in [0.1, 0.15) is 0 Å². The van der Waals surface area contributed by atoms with Gasteiger partial charge in [-0.2, -0.15) is 0 Å².